The molecule has 0 atom stereocenters. The SMILES string of the molecule is C=CC1=C(C=C)CC(C)=CC=C1. The molecule has 0 nitrogen and oxygen atoms in total. The summed E-state index contributed by atoms with van der Waals surface area (Å²) in [6, 6.07) is 0. The molecule has 0 amide bonds. The van der Waals surface area contributed by atoms with Crippen molar-refractivity contribution in [2.45, 2.75) is 13.3 Å². The zero-order valence-corrected chi connectivity index (χ0v) is 7.51. The Morgan fingerprint density at radius 3 is 2.67 bits per heavy atom. The van der Waals surface area contributed by atoms with Crippen LogP contribution in [0.15, 0.2) is 60.3 Å². The van der Waals surface area contributed by atoms with Gasteiger partial charge in [-0.2, -0.15) is 0 Å². The molecule has 1 rings (SSSR count). The molecule has 0 radical (unpaired) electrons. The van der Waals surface area contributed by atoms with Crippen molar-refractivity contribution in [1.82, 2.24) is 0 Å². The van der Waals surface area contributed by atoms with Gasteiger partial charge >= 0.3 is 0 Å². The first-order valence-corrected chi connectivity index (χ1v) is 4.09. The Labute approximate surface area is 74.3 Å². The van der Waals surface area contributed by atoms with Crippen molar-refractivity contribution < 1.29 is 0 Å². The van der Waals surface area contributed by atoms with Gasteiger partial charge in [-0.05, 0) is 24.5 Å². The molecule has 0 aromatic heterocycles. The van der Waals surface area contributed by atoms with Crippen LogP contribution in [0.4, 0.5) is 0 Å². The standard InChI is InChI=1S/C12H14/c1-4-11-8-6-7-10(3)9-12(11)5-2/h4-8H,1-2,9H2,3H3. The van der Waals surface area contributed by atoms with E-state index >= 15 is 0 Å². The molecule has 0 spiro atoms. The lowest BCUT2D eigenvalue weighted by atomic mass is 10.0. The van der Waals surface area contributed by atoms with Gasteiger partial charge in [-0.1, -0.05) is 49.1 Å². The first-order valence-electron chi connectivity index (χ1n) is 4.09. The number of hydrogen-bond donors (Lipinski definition) is 0. The molecule has 0 fully saturated rings. The quantitative estimate of drug-likeness (QED) is 0.576. The van der Waals surface area contributed by atoms with Crippen LogP contribution in [0.1, 0.15) is 13.3 Å². The lowest BCUT2D eigenvalue weighted by molar-refractivity contribution is 1.15. The van der Waals surface area contributed by atoms with Crippen LogP contribution >= 0.6 is 0 Å². The van der Waals surface area contributed by atoms with E-state index in [1.54, 1.807) is 0 Å². The molecule has 1 aliphatic rings. The highest BCUT2D eigenvalue weighted by atomic mass is 14.1. The third-order valence-corrected chi connectivity index (χ3v) is 1.96. The van der Waals surface area contributed by atoms with Crippen LogP contribution in [0.5, 0.6) is 0 Å². The van der Waals surface area contributed by atoms with Crippen molar-refractivity contribution in [2.24, 2.45) is 0 Å². The van der Waals surface area contributed by atoms with Gasteiger partial charge in [0, 0.05) is 0 Å². The van der Waals surface area contributed by atoms with Gasteiger partial charge in [0.2, 0.25) is 0 Å². The van der Waals surface area contributed by atoms with Crippen LogP contribution in [-0.4, -0.2) is 0 Å². The van der Waals surface area contributed by atoms with Gasteiger partial charge in [0.25, 0.3) is 0 Å². The largest absolute Gasteiger partial charge is 0.0988 e. The lowest BCUT2D eigenvalue weighted by Crippen LogP contribution is -1.83. The molecule has 0 unspecified atom stereocenters. The third-order valence-electron chi connectivity index (χ3n) is 1.96. The van der Waals surface area contributed by atoms with Crippen LogP contribution in [-0.2, 0) is 0 Å². The van der Waals surface area contributed by atoms with Crippen molar-refractivity contribution >= 4 is 0 Å². The fourth-order valence-corrected chi connectivity index (χ4v) is 1.27. The maximum absolute atomic E-state index is 3.79. The summed E-state index contributed by atoms with van der Waals surface area (Å²) < 4.78 is 0. The van der Waals surface area contributed by atoms with Gasteiger partial charge in [0.1, 0.15) is 0 Å². The summed E-state index contributed by atoms with van der Waals surface area (Å²) in [7, 11) is 0. The van der Waals surface area contributed by atoms with Crippen LogP contribution in [0.25, 0.3) is 0 Å². The van der Waals surface area contributed by atoms with Gasteiger partial charge < -0.3 is 0 Å². The molecular formula is C12H14. The maximum Gasteiger partial charge on any atom is -0.00610 e. The van der Waals surface area contributed by atoms with E-state index in [4.69, 9.17) is 0 Å². The van der Waals surface area contributed by atoms with E-state index in [1.807, 2.05) is 12.2 Å². The normalized spacial score (nSPS) is 16.9. The molecule has 0 N–H and O–H groups in total. The zero-order valence-electron chi connectivity index (χ0n) is 7.51. The minimum Gasteiger partial charge on any atom is -0.0988 e. The van der Waals surface area contributed by atoms with Gasteiger partial charge in [-0.25, -0.2) is 0 Å². The summed E-state index contributed by atoms with van der Waals surface area (Å²) in [5.41, 5.74) is 3.80. The minimum absolute atomic E-state index is 0.984. The Kier molecular flexibility index (Phi) is 2.87. The first kappa shape index (κ1) is 8.79. The maximum atomic E-state index is 3.79. The molecule has 1 aliphatic carbocycles. The fraction of sp³-hybridized carbons (Fsp3) is 0.167. The molecule has 0 saturated heterocycles. The van der Waals surface area contributed by atoms with E-state index in [0.717, 1.165) is 6.42 Å². The highest BCUT2D eigenvalue weighted by Crippen LogP contribution is 2.20. The topological polar surface area (TPSA) is 0 Å². The third kappa shape index (κ3) is 1.85. The smallest absolute Gasteiger partial charge is 0.00610 e. The minimum atomic E-state index is 0.984. The number of hydrogen-bond acceptors (Lipinski definition) is 0. The van der Waals surface area contributed by atoms with Gasteiger partial charge in [0.05, 0.1) is 0 Å². The van der Waals surface area contributed by atoms with Gasteiger partial charge in [-0.3, -0.25) is 0 Å². The molecule has 12 heavy (non-hydrogen) atoms. The van der Waals surface area contributed by atoms with Crippen LogP contribution in [0, 0.1) is 0 Å². The summed E-state index contributed by atoms with van der Waals surface area (Å²) in [6.45, 7) is 9.69. The molecule has 0 bridgehead atoms. The van der Waals surface area contributed by atoms with Gasteiger partial charge in [-0.15, -0.1) is 0 Å². The predicted molar refractivity (Wildman–Crippen MR) is 54.9 cm³/mol. The summed E-state index contributed by atoms with van der Waals surface area (Å²) in [6.07, 6.45) is 11.0. The zero-order chi connectivity index (χ0) is 8.97. The molecule has 0 aromatic rings. The highest BCUT2D eigenvalue weighted by molar-refractivity contribution is 5.44. The second-order valence-electron chi connectivity index (χ2n) is 2.94. The van der Waals surface area contributed by atoms with E-state index in [2.05, 4.69) is 38.3 Å². The number of rotatable bonds is 2. The predicted octanol–water partition coefficient (Wildman–Crippen LogP) is 3.56. The first-order chi connectivity index (χ1) is 5.77. The Hall–Kier alpha value is -1.30. The number of allylic oxidation sites excluding steroid dienone is 8. The lowest BCUT2D eigenvalue weighted by Gasteiger charge is -2.02. The van der Waals surface area contributed by atoms with E-state index in [1.165, 1.54) is 16.7 Å². The molecule has 0 aliphatic heterocycles. The van der Waals surface area contributed by atoms with E-state index in [-0.39, 0.29) is 0 Å². The van der Waals surface area contributed by atoms with Crippen LogP contribution in [0.3, 0.4) is 0 Å². The average Bonchev–Trinajstić information content (AvgIpc) is 2.26. The molecule has 0 heteroatoms. The van der Waals surface area contributed by atoms with E-state index in [0.29, 0.717) is 0 Å². The molecule has 62 valence electrons. The Bertz CT molecular complexity index is 285. The summed E-state index contributed by atoms with van der Waals surface area (Å²) in [5, 5.41) is 0. The van der Waals surface area contributed by atoms with E-state index in [9.17, 15) is 0 Å². The molecular weight excluding hydrogens is 144 g/mol. The van der Waals surface area contributed by atoms with Crippen molar-refractivity contribution in [2.75, 3.05) is 0 Å². The monoisotopic (exact) mass is 158 g/mol. The Morgan fingerprint density at radius 2 is 2.08 bits per heavy atom. The summed E-state index contributed by atoms with van der Waals surface area (Å²) >= 11 is 0. The Balaban J connectivity index is 3.07. The van der Waals surface area contributed by atoms with Crippen molar-refractivity contribution in [3.05, 3.63) is 60.3 Å². The van der Waals surface area contributed by atoms with E-state index < -0.39 is 0 Å². The van der Waals surface area contributed by atoms with Crippen LogP contribution < -0.4 is 0 Å². The summed E-state index contributed by atoms with van der Waals surface area (Å²) in [5.74, 6) is 0. The Morgan fingerprint density at radius 1 is 1.33 bits per heavy atom. The van der Waals surface area contributed by atoms with Crippen LogP contribution in [0.2, 0.25) is 0 Å². The fourth-order valence-electron chi connectivity index (χ4n) is 1.27. The van der Waals surface area contributed by atoms with Crippen molar-refractivity contribution in [3.63, 3.8) is 0 Å². The highest BCUT2D eigenvalue weighted by Gasteiger charge is 2.01. The van der Waals surface area contributed by atoms with Crippen molar-refractivity contribution in [3.8, 4) is 0 Å². The molecule has 0 aromatic carbocycles. The second kappa shape index (κ2) is 3.91. The summed E-state index contributed by atoms with van der Waals surface area (Å²) in [4.78, 5) is 0. The molecule has 0 heterocycles. The average molecular weight is 158 g/mol. The van der Waals surface area contributed by atoms with Crippen molar-refractivity contribution in [1.29, 1.82) is 0 Å². The molecule has 0 saturated carbocycles. The second-order valence-corrected chi connectivity index (χ2v) is 2.94. The van der Waals surface area contributed by atoms with Gasteiger partial charge in [0.15, 0.2) is 0 Å².